The lowest BCUT2D eigenvalue weighted by atomic mass is 10.3. The molecule has 0 bridgehead atoms. The first-order valence-corrected chi connectivity index (χ1v) is 5.62. The van der Waals surface area contributed by atoms with Crippen LogP contribution in [0.2, 0.25) is 0 Å². The molecule has 0 aliphatic heterocycles. The maximum atomic E-state index is 9.19. The molecule has 0 spiro atoms. The molecule has 0 atom stereocenters. The van der Waals surface area contributed by atoms with Gasteiger partial charge in [0, 0.05) is 6.07 Å². The predicted molar refractivity (Wildman–Crippen MR) is 60.5 cm³/mol. The van der Waals surface area contributed by atoms with Gasteiger partial charge in [-0.3, -0.25) is 0 Å². The van der Waals surface area contributed by atoms with Crippen molar-refractivity contribution in [1.82, 2.24) is 9.97 Å². The summed E-state index contributed by atoms with van der Waals surface area (Å²) in [5, 5.41) is 12.4. The third kappa shape index (κ3) is 2.61. The van der Waals surface area contributed by atoms with Gasteiger partial charge in [0.25, 0.3) is 0 Å². The highest BCUT2D eigenvalue weighted by molar-refractivity contribution is 5.42. The highest BCUT2D eigenvalue weighted by Gasteiger charge is 2.42. The lowest BCUT2D eigenvalue weighted by Gasteiger charge is -2.15. The van der Waals surface area contributed by atoms with Gasteiger partial charge in [-0.05, 0) is 19.3 Å². The summed E-state index contributed by atoms with van der Waals surface area (Å²) in [7, 11) is 0. The summed E-state index contributed by atoms with van der Waals surface area (Å²) in [5.74, 6) is 1.29. The van der Waals surface area contributed by atoms with Gasteiger partial charge in [-0.2, -0.15) is 0 Å². The first kappa shape index (κ1) is 11.1. The van der Waals surface area contributed by atoms with Crippen molar-refractivity contribution in [3.8, 4) is 5.88 Å². The average Bonchev–Trinajstić information content (AvgIpc) is 3.07. The van der Waals surface area contributed by atoms with E-state index in [0.717, 1.165) is 19.3 Å². The van der Waals surface area contributed by atoms with Crippen molar-refractivity contribution in [2.24, 2.45) is 0 Å². The number of nitrogens with one attached hydrogen (secondary N) is 1. The Balaban J connectivity index is 1.99. The van der Waals surface area contributed by atoms with Gasteiger partial charge in [0.15, 0.2) is 0 Å². The number of hydrogen-bond acceptors (Lipinski definition) is 5. The van der Waals surface area contributed by atoms with Crippen LogP contribution in [0, 0.1) is 0 Å². The van der Waals surface area contributed by atoms with E-state index in [9.17, 15) is 5.11 Å². The van der Waals surface area contributed by atoms with Crippen LogP contribution in [0.15, 0.2) is 12.4 Å². The smallest absolute Gasteiger partial charge is 0.218 e. The second-order valence-corrected chi connectivity index (χ2v) is 4.15. The summed E-state index contributed by atoms with van der Waals surface area (Å²) >= 11 is 0. The Bertz CT molecular complexity index is 353. The topological polar surface area (TPSA) is 67.3 Å². The molecule has 0 radical (unpaired) electrons. The zero-order chi connectivity index (χ0) is 11.4. The van der Waals surface area contributed by atoms with Crippen molar-refractivity contribution < 1.29 is 9.84 Å². The zero-order valence-corrected chi connectivity index (χ0v) is 9.44. The van der Waals surface area contributed by atoms with Crippen molar-refractivity contribution >= 4 is 5.82 Å². The number of hydrogen-bond donors (Lipinski definition) is 2. The molecule has 1 aliphatic rings. The molecule has 1 aromatic rings. The molecule has 5 nitrogen and oxygen atoms in total. The van der Waals surface area contributed by atoms with Gasteiger partial charge in [0.1, 0.15) is 12.1 Å². The number of aliphatic hydroxyl groups is 1. The molecule has 0 saturated heterocycles. The molecule has 1 aromatic heterocycles. The van der Waals surface area contributed by atoms with Crippen LogP contribution in [0.3, 0.4) is 0 Å². The summed E-state index contributed by atoms with van der Waals surface area (Å²) in [6, 6.07) is 1.77. The Morgan fingerprint density at radius 2 is 2.31 bits per heavy atom. The molecular weight excluding hydrogens is 206 g/mol. The summed E-state index contributed by atoms with van der Waals surface area (Å²) < 4.78 is 5.41. The quantitative estimate of drug-likeness (QED) is 0.758. The number of anilines is 1. The zero-order valence-electron chi connectivity index (χ0n) is 9.44. The molecule has 0 unspecified atom stereocenters. The molecular formula is C11H17N3O2. The molecule has 2 N–H and O–H groups in total. The van der Waals surface area contributed by atoms with Crippen LogP contribution in [0.1, 0.15) is 26.2 Å². The van der Waals surface area contributed by atoms with Gasteiger partial charge in [0.2, 0.25) is 5.88 Å². The minimum Gasteiger partial charge on any atom is -0.478 e. The third-order valence-electron chi connectivity index (χ3n) is 2.65. The standard InChI is InChI=1S/C11H17N3O2/c1-2-5-16-10-6-9(12-8-13-10)14-11(7-15)3-4-11/h6,8,15H,2-5,7H2,1H3,(H,12,13,14). The van der Waals surface area contributed by atoms with E-state index >= 15 is 0 Å². The normalized spacial score (nSPS) is 16.9. The Labute approximate surface area is 94.9 Å². The van der Waals surface area contributed by atoms with E-state index in [0.29, 0.717) is 18.3 Å². The molecule has 1 aliphatic carbocycles. The lowest BCUT2D eigenvalue weighted by molar-refractivity contribution is 0.265. The maximum Gasteiger partial charge on any atom is 0.218 e. The van der Waals surface area contributed by atoms with Gasteiger partial charge >= 0.3 is 0 Å². The van der Waals surface area contributed by atoms with Crippen LogP contribution >= 0.6 is 0 Å². The van der Waals surface area contributed by atoms with Crippen molar-refractivity contribution in [1.29, 1.82) is 0 Å². The minimum absolute atomic E-state index is 0.141. The van der Waals surface area contributed by atoms with Crippen LogP contribution in [0.25, 0.3) is 0 Å². The second-order valence-electron chi connectivity index (χ2n) is 4.15. The fraction of sp³-hybridized carbons (Fsp3) is 0.636. The number of nitrogens with zero attached hydrogens (tertiary/aromatic N) is 2. The Hall–Kier alpha value is -1.36. The van der Waals surface area contributed by atoms with E-state index in [4.69, 9.17) is 4.74 Å². The average molecular weight is 223 g/mol. The van der Waals surface area contributed by atoms with Gasteiger partial charge in [0.05, 0.1) is 18.8 Å². The van der Waals surface area contributed by atoms with Gasteiger partial charge < -0.3 is 15.2 Å². The number of rotatable bonds is 6. The van der Waals surface area contributed by atoms with Crippen LogP contribution in [0.5, 0.6) is 5.88 Å². The number of ether oxygens (including phenoxy) is 1. The van der Waals surface area contributed by atoms with Gasteiger partial charge in [-0.15, -0.1) is 0 Å². The van der Waals surface area contributed by atoms with Crippen LogP contribution < -0.4 is 10.1 Å². The van der Waals surface area contributed by atoms with E-state index in [1.807, 2.05) is 6.92 Å². The first-order valence-electron chi connectivity index (χ1n) is 5.62. The summed E-state index contributed by atoms with van der Waals surface area (Å²) in [6.07, 6.45) is 4.39. The van der Waals surface area contributed by atoms with Crippen LogP contribution in [-0.4, -0.2) is 33.8 Å². The second kappa shape index (κ2) is 4.65. The van der Waals surface area contributed by atoms with Gasteiger partial charge in [-0.1, -0.05) is 6.92 Å². The first-order chi connectivity index (χ1) is 7.78. The lowest BCUT2D eigenvalue weighted by Crippen LogP contribution is -2.26. The van der Waals surface area contributed by atoms with E-state index < -0.39 is 0 Å². The van der Waals surface area contributed by atoms with Crippen molar-refractivity contribution in [3.05, 3.63) is 12.4 Å². The molecule has 88 valence electrons. The van der Waals surface area contributed by atoms with Gasteiger partial charge in [-0.25, -0.2) is 9.97 Å². The van der Waals surface area contributed by atoms with Crippen molar-refractivity contribution in [2.75, 3.05) is 18.5 Å². The number of aliphatic hydroxyl groups excluding tert-OH is 1. The summed E-state index contributed by atoms with van der Waals surface area (Å²) in [4.78, 5) is 8.12. The third-order valence-corrected chi connectivity index (χ3v) is 2.65. The largest absolute Gasteiger partial charge is 0.478 e. The van der Waals surface area contributed by atoms with E-state index in [-0.39, 0.29) is 12.1 Å². The summed E-state index contributed by atoms with van der Waals surface area (Å²) in [5.41, 5.74) is -0.156. The van der Waals surface area contributed by atoms with Crippen LogP contribution in [-0.2, 0) is 0 Å². The van der Waals surface area contributed by atoms with Crippen molar-refractivity contribution in [3.63, 3.8) is 0 Å². The fourth-order valence-electron chi connectivity index (χ4n) is 1.44. The Morgan fingerprint density at radius 1 is 1.50 bits per heavy atom. The highest BCUT2D eigenvalue weighted by Crippen LogP contribution is 2.38. The van der Waals surface area contributed by atoms with E-state index in [2.05, 4.69) is 15.3 Å². The SMILES string of the molecule is CCCOc1cc(NC2(CO)CC2)ncn1. The maximum absolute atomic E-state index is 9.19. The van der Waals surface area contributed by atoms with E-state index in [1.54, 1.807) is 6.07 Å². The number of aromatic nitrogens is 2. The minimum atomic E-state index is -0.156. The van der Waals surface area contributed by atoms with Crippen molar-refractivity contribution in [2.45, 2.75) is 31.7 Å². The highest BCUT2D eigenvalue weighted by atomic mass is 16.5. The Kier molecular flexibility index (Phi) is 3.24. The molecule has 2 rings (SSSR count). The molecule has 1 heterocycles. The summed E-state index contributed by atoms with van der Waals surface area (Å²) in [6.45, 7) is 2.84. The molecule has 16 heavy (non-hydrogen) atoms. The fourth-order valence-corrected chi connectivity index (χ4v) is 1.44. The van der Waals surface area contributed by atoms with Crippen LogP contribution in [0.4, 0.5) is 5.82 Å². The predicted octanol–water partition coefficient (Wildman–Crippen LogP) is 1.20. The molecule has 5 heteroatoms. The molecule has 0 amide bonds. The molecule has 0 aromatic carbocycles. The van der Waals surface area contributed by atoms with E-state index in [1.165, 1.54) is 6.33 Å². The monoisotopic (exact) mass is 223 g/mol. The Morgan fingerprint density at radius 3 is 2.94 bits per heavy atom. The molecule has 1 fully saturated rings. The molecule has 1 saturated carbocycles.